The second kappa shape index (κ2) is 9.92. The molecule has 4 rings (SSSR count). The van der Waals surface area contributed by atoms with Gasteiger partial charge < -0.3 is 19.7 Å². The van der Waals surface area contributed by atoms with Gasteiger partial charge in [0.25, 0.3) is 5.91 Å². The summed E-state index contributed by atoms with van der Waals surface area (Å²) < 4.78 is 12.3. The van der Waals surface area contributed by atoms with E-state index < -0.39 is 5.92 Å². The molecule has 182 valence electrons. The molecule has 3 amide bonds. The van der Waals surface area contributed by atoms with Crippen LogP contribution in [0.5, 0.6) is 11.5 Å². The van der Waals surface area contributed by atoms with Crippen molar-refractivity contribution in [1.82, 2.24) is 4.68 Å². The lowest BCUT2D eigenvalue weighted by Crippen LogP contribution is -2.28. The quantitative estimate of drug-likeness (QED) is 0.544. The number of anilines is 2. The predicted molar refractivity (Wildman–Crippen MR) is 133 cm³/mol. The summed E-state index contributed by atoms with van der Waals surface area (Å²) in [5, 5.41) is 2.85. The van der Waals surface area contributed by atoms with Crippen molar-refractivity contribution in [2.24, 2.45) is 5.92 Å². The summed E-state index contributed by atoms with van der Waals surface area (Å²) >= 11 is 0. The third-order valence-corrected chi connectivity index (χ3v) is 6.07. The number of methoxy groups -OCH3 is 2. The van der Waals surface area contributed by atoms with Gasteiger partial charge in [-0.15, -0.1) is 0 Å². The summed E-state index contributed by atoms with van der Waals surface area (Å²) in [6.07, 6.45) is 0.0943. The Bertz CT molecular complexity index is 1250. The molecule has 2 heterocycles. The molecule has 1 aliphatic heterocycles. The monoisotopic (exact) mass is 476 g/mol. The van der Waals surface area contributed by atoms with Crippen LogP contribution in [0.1, 0.15) is 28.2 Å². The minimum Gasteiger partial charge on any atom is -0.497 e. The third-order valence-electron chi connectivity index (χ3n) is 6.07. The highest BCUT2D eigenvalue weighted by molar-refractivity contribution is 6.04. The number of benzene rings is 2. The summed E-state index contributed by atoms with van der Waals surface area (Å²) in [7, 11) is 3.08. The van der Waals surface area contributed by atoms with Crippen molar-refractivity contribution < 1.29 is 23.9 Å². The molecule has 2 N–H and O–H groups in total. The zero-order valence-electron chi connectivity index (χ0n) is 20.1. The number of carbonyl (C=O) groups excluding carboxylic acids is 3. The molecule has 3 aromatic rings. The van der Waals surface area contributed by atoms with E-state index in [0.29, 0.717) is 28.4 Å². The number of rotatable bonds is 7. The molecule has 0 radical (unpaired) electrons. The molecule has 1 aliphatic rings. The number of amides is 3. The highest BCUT2D eigenvalue weighted by Gasteiger charge is 2.36. The third kappa shape index (κ3) is 4.98. The van der Waals surface area contributed by atoms with Gasteiger partial charge in [-0.05, 0) is 62.4 Å². The second-order valence-electron chi connectivity index (χ2n) is 8.40. The SMILES string of the molecule is COc1ccc(N2C[C@@H](C(=O)Nc3ccc(C(=O)Nn4c(C)ccc4C)cc3)CC2=O)c(OC)c1. The minimum absolute atomic E-state index is 0.0943. The number of nitrogens with zero attached hydrogens (tertiary/aromatic N) is 2. The van der Waals surface area contributed by atoms with Crippen LogP contribution in [0.4, 0.5) is 11.4 Å². The van der Waals surface area contributed by atoms with Crippen molar-refractivity contribution >= 4 is 29.1 Å². The van der Waals surface area contributed by atoms with Crippen molar-refractivity contribution in [3.05, 3.63) is 71.5 Å². The van der Waals surface area contributed by atoms with Crippen molar-refractivity contribution in [3.8, 4) is 11.5 Å². The van der Waals surface area contributed by atoms with Gasteiger partial charge in [-0.3, -0.25) is 24.5 Å². The molecule has 1 aromatic heterocycles. The average Bonchev–Trinajstić information content (AvgIpc) is 3.41. The van der Waals surface area contributed by atoms with E-state index in [-0.39, 0.29) is 30.7 Å². The first-order valence-corrected chi connectivity index (χ1v) is 11.2. The van der Waals surface area contributed by atoms with E-state index in [1.165, 1.54) is 7.11 Å². The van der Waals surface area contributed by atoms with E-state index in [4.69, 9.17) is 9.47 Å². The maximum atomic E-state index is 12.9. The smallest absolute Gasteiger partial charge is 0.270 e. The van der Waals surface area contributed by atoms with Crippen molar-refractivity contribution in [1.29, 1.82) is 0 Å². The summed E-state index contributed by atoms with van der Waals surface area (Å²) in [6.45, 7) is 4.06. The molecule has 0 aliphatic carbocycles. The van der Waals surface area contributed by atoms with E-state index in [1.54, 1.807) is 59.2 Å². The van der Waals surface area contributed by atoms with Gasteiger partial charge in [0.1, 0.15) is 11.5 Å². The summed E-state index contributed by atoms with van der Waals surface area (Å²) in [5.41, 5.74) is 6.30. The topological polar surface area (TPSA) is 102 Å². The Balaban J connectivity index is 1.39. The minimum atomic E-state index is -0.517. The zero-order chi connectivity index (χ0) is 25.1. The normalized spacial score (nSPS) is 15.1. The van der Waals surface area contributed by atoms with Crippen LogP contribution in [0.3, 0.4) is 0 Å². The molecule has 0 spiro atoms. The first-order valence-electron chi connectivity index (χ1n) is 11.2. The van der Waals surface area contributed by atoms with Crippen LogP contribution in [0.2, 0.25) is 0 Å². The molecule has 1 atom stereocenters. The zero-order valence-corrected chi connectivity index (χ0v) is 20.1. The van der Waals surface area contributed by atoms with Crippen molar-refractivity contribution in [2.75, 3.05) is 36.4 Å². The van der Waals surface area contributed by atoms with Gasteiger partial charge in [0.05, 0.1) is 25.8 Å². The lowest BCUT2D eigenvalue weighted by Gasteiger charge is -2.20. The fourth-order valence-corrected chi connectivity index (χ4v) is 4.08. The van der Waals surface area contributed by atoms with Crippen LogP contribution in [0.15, 0.2) is 54.6 Å². The van der Waals surface area contributed by atoms with Gasteiger partial charge in [-0.25, -0.2) is 0 Å². The van der Waals surface area contributed by atoms with Crippen molar-refractivity contribution in [2.45, 2.75) is 20.3 Å². The Morgan fingerprint density at radius 2 is 1.63 bits per heavy atom. The fourth-order valence-electron chi connectivity index (χ4n) is 4.08. The average molecular weight is 477 g/mol. The van der Waals surface area contributed by atoms with E-state index in [2.05, 4.69) is 10.7 Å². The Hall–Kier alpha value is -4.27. The lowest BCUT2D eigenvalue weighted by atomic mass is 10.1. The largest absolute Gasteiger partial charge is 0.497 e. The Labute approximate surface area is 203 Å². The first kappa shape index (κ1) is 23.9. The number of aromatic nitrogens is 1. The van der Waals surface area contributed by atoms with Crippen LogP contribution in [-0.4, -0.2) is 43.2 Å². The van der Waals surface area contributed by atoms with Gasteiger partial charge in [-0.2, -0.15) is 0 Å². The van der Waals surface area contributed by atoms with Crippen LogP contribution in [-0.2, 0) is 9.59 Å². The molecule has 0 saturated carbocycles. The van der Waals surface area contributed by atoms with E-state index in [9.17, 15) is 14.4 Å². The second-order valence-corrected chi connectivity index (χ2v) is 8.40. The number of ether oxygens (including phenoxy) is 2. The Morgan fingerprint density at radius 3 is 2.26 bits per heavy atom. The van der Waals surface area contributed by atoms with Gasteiger partial charge in [0.15, 0.2) is 0 Å². The molecular formula is C26H28N4O5. The number of hydrogen-bond acceptors (Lipinski definition) is 5. The molecule has 35 heavy (non-hydrogen) atoms. The number of aryl methyl sites for hydroxylation is 2. The van der Waals surface area contributed by atoms with Crippen LogP contribution < -0.4 is 25.1 Å². The Kier molecular flexibility index (Phi) is 6.77. The number of nitrogens with one attached hydrogen (secondary N) is 2. The molecular weight excluding hydrogens is 448 g/mol. The van der Waals surface area contributed by atoms with Gasteiger partial charge in [-0.1, -0.05) is 0 Å². The number of hydrogen-bond donors (Lipinski definition) is 2. The maximum absolute atomic E-state index is 12.9. The van der Waals surface area contributed by atoms with Crippen LogP contribution in [0.25, 0.3) is 0 Å². The maximum Gasteiger partial charge on any atom is 0.270 e. The molecule has 9 heteroatoms. The van der Waals surface area contributed by atoms with E-state index >= 15 is 0 Å². The van der Waals surface area contributed by atoms with E-state index in [1.807, 2.05) is 26.0 Å². The molecule has 1 saturated heterocycles. The summed E-state index contributed by atoms with van der Waals surface area (Å²) in [5.74, 6) is -0.0757. The molecule has 1 fully saturated rings. The van der Waals surface area contributed by atoms with Gasteiger partial charge in [0.2, 0.25) is 11.8 Å². The molecule has 9 nitrogen and oxygen atoms in total. The fraction of sp³-hybridized carbons (Fsp3) is 0.269. The predicted octanol–water partition coefficient (Wildman–Crippen LogP) is 3.50. The van der Waals surface area contributed by atoms with E-state index in [0.717, 1.165) is 11.4 Å². The van der Waals surface area contributed by atoms with Gasteiger partial charge >= 0.3 is 0 Å². The standard InChI is InChI=1S/C26H28N4O5/c1-16-5-6-17(2)30(16)28-26(33)18-7-9-20(10-8-18)27-25(32)19-13-24(31)29(15-19)22-12-11-21(34-3)14-23(22)35-4/h5-12,14,19H,13,15H2,1-4H3,(H,27,32)(H,28,33)/t19-/m0/s1. The lowest BCUT2D eigenvalue weighted by molar-refractivity contribution is -0.122. The van der Waals surface area contributed by atoms with Gasteiger partial charge in [0, 0.05) is 41.7 Å². The van der Waals surface area contributed by atoms with Crippen LogP contribution >= 0.6 is 0 Å². The summed E-state index contributed by atoms with van der Waals surface area (Å²) in [4.78, 5) is 39.7. The highest BCUT2D eigenvalue weighted by Crippen LogP contribution is 2.36. The highest BCUT2D eigenvalue weighted by atomic mass is 16.5. The van der Waals surface area contributed by atoms with Crippen molar-refractivity contribution in [3.63, 3.8) is 0 Å². The Morgan fingerprint density at radius 1 is 0.943 bits per heavy atom. The van der Waals surface area contributed by atoms with Crippen LogP contribution in [0, 0.1) is 19.8 Å². The molecule has 2 aromatic carbocycles. The molecule has 0 bridgehead atoms. The summed E-state index contributed by atoms with van der Waals surface area (Å²) in [6, 6.07) is 15.7. The first-order chi connectivity index (χ1) is 16.8. The number of carbonyl (C=O) groups is 3. The molecule has 0 unspecified atom stereocenters.